The number of anilines is 1. The van der Waals surface area contributed by atoms with Crippen molar-refractivity contribution in [3.8, 4) is 11.3 Å². The number of aliphatic carboxylic acids is 1. The number of nitrogens with zero attached hydrogens (tertiary/aromatic N) is 1. The van der Waals surface area contributed by atoms with Crippen LogP contribution in [0.5, 0.6) is 0 Å². The van der Waals surface area contributed by atoms with Gasteiger partial charge in [0.2, 0.25) is 11.8 Å². The molecule has 0 spiro atoms. The Balaban J connectivity index is 1.54. The molecule has 0 aliphatic carbocycles. The number of amides is 2. The van der Waals surface area contributed by atoms with Crippen LogP contribution in [-0.4, -0.2) is 32.8 Å². The SMILES string of the molecule is Cc1ccc(-c2ccc(CCC(=O)O)n2NC(=O)C[C@H]2Sc3ccccc3NC2=O)cc1. The lowest BCUT2D eigenvalue weighted by Gasteiger charge is -2.24. The predicted molar refractivity (Wildman–Crippen MR) is 124 cm³/mol. The van der Waals surface area contributed by atoms with Crippen LogP contribution < -0.4 is 10.7 Å². The molecule has 2 amide bonds. The lowest BCUT2D eigenvalue weighted by molar-refractivity contribution is -0.137. The van der Waals surface area contributed by atoms with Crippen LogP contribution >= 0.6 is 11.8 Å². The maximum atomic E-state index is 12.9. The molecule has 0 unspecified atom stereocenters. The number of para-hydroxylation sites is 1. The van der Waals surface area contributed by atoms with Gasteiger partial charge in [-0.05, 0) is 31.2 Å². The summed E-state index contributed by atoms with van der Waals surface area (Å²) in [5.74, 6) is -1.44. The van der Waals surface area contributed by atoms with E-state index >= 15 is 0 Å². The van der Waals surface area contributed by atoms with Crippen molar-refractivity contribution in [3.63, 3.8) is 0 Å². The van der Waals surface area contributed by atoms with Crippen molar-refractivity contribution >= 4 is 35.2 Å². The van der Waals surface area contributed by atoms with Crippen molar-refractivity contribution in [1.82, 2.24) is 4.68 Å². The first-order valence-electron chi connectivity index (χ1n) is 10.3. The quantitative estimate of drug-likeness (QED) is 0.505. The van der Waals surface area contributed by atoms with E-state index in [4.69, 9.17) is 5.11 Å². The van der Waals surface area contributed by atoms with Gasteiger partial charge in [0.25, 0.3) is 0 Å². The zero-order valence-electron chi connectivity index (χ0n) is 17.5. The highest BCUT2D eigenvalue weighted by molar-refractivity contribution is 8.01. The Labute approximate surface area is 189 Å². The molecule has 0 saturated heterocycles. The number of carbonyl (C=O) groups is 3. The third-order valence-electron chi connectivity index (χ3n) is 5.22. The molecule has 0 radical (unpaired) electrons. The molecule has 1 aromatic heterocycles. The average molecular weight is 450 g/mol. The summed E-state index contributed by atoms with van der Waals surface area (Å²) >= 11 is 1.37. The Morgan fingerprint density at radius 1 is 1.09 bits per heavy atom. The smallest absolute Gasteiger partial charge is 0.303 e. The predicted octanol–water partition coefficient (Wildman–Crippen LogP) is 4.05. The Bertz CT molecular complexity index is 1170. The molecule has 4 rings (SSSR count). The van der Waals surface area contributed by atoms with Crippen LogP contribution in [0.3, 0.4) is 0 Å². The lowest BCUT2D eigenvalue weighted by Crippen LogP contribution is -2.34. The van der Waals surface area contributed by atoms with Crippen LogP contribution in [0.4, 0.5) is 5.69 Å². The van der Waals surface area contributed by atoms with Crippen LogP contribution in [0.25, 0.3) is 11.3 Å². The van der Waals surface area contributed by atoms with Gasteiger partial charge < -0.3 is 10.4 Å². The minimum atomic E-state index is -0.907. The van der Waals surface area contributed by atoms with Gasteiger partial charge in [0, 0.05) is 29.0 Å². The number of benzene rings is 2. The summed E-state index contributed by atoms with van der Waals surface area (Å²) in [6, 6.07) is 19.0. The molecule has 1 atom stereocenters. The maximum Gasteiger partial charge on any atom is 0.303 e. The number of aromatic nitrogens is 1. The molecule has 0 fully saturated rings. The molecule has 7 nitrogen and oxygen atoms in total. The molecule has 3 aromatic rings. The van der Waals surface area contributed by atoms with Gasteiger partial charge in [-0.2, -0.15) is 0 Å². The average Bonchev–Trinajstić information content (AvgIpc) is 3.15. The molecule has 1 aliphatic rings. The molecular formula is C24H23N3O4S. The third kappa shape index (κ3) is 4.86. The van der Waals surface area contributed by atoms with Crippen molar-refractivity contribution in [2.24, 2.45) is 0 Å². The van der Waals surface area contributed by atoms with Crippen molar-refractivity contribution in [2.75, 3.05) is 10.7 Å². The summed E-state index contributed by atoms with van der Waals surface area (Å²) in [4.78, 5) is 37.4. The van der Waals surface area contributed by atoms with Crippen LogP contribution in [0.2, 0.25) is 0 Å². The summed E-state index contributed by atoms with van der Waals surface area (Å²) in [7, 11) is 0. The number of carbonyl (C=O) groups excluding carboxylic acids is 2. The van der Waals surface area contributed by atoms with E-state index in [0.29, 0.717) is 5.69 Å². The Morgan fingerprint density at radius 3 is 2.59 bits per heavy atom. The second-order valence-corrected chi connectivity index (χ2v) is 8.88. The second-order valence-electron chi connectivity index (χ2n) is 7.64. The Morgan fingerprint density at radius 2 is 1.84 bits per heavy atom. The van der Waals surface area contributed by atoms with E-state index in [0.717, 1.165) is 27.4 Å². The summed E-state index contributed by atoms with van der Waals surface area (Å²) in [5, 5.41) is 11.4. The highest BCUT2D eigenvalue weighted by Crippen LogP contribution is 2.36. The van der Waals surface area contributed by atoms with Crippen molar-refractivity contribution < 1.29 is 19.5 Å². The van der Waals surface area contributed by atoms with Crippen molar-refractivity contribution in [2.45, 2.75) is 36.3 Å². The van der Waals surface area contributed by atoms with Crippen molar-refractivity contribution in [1.29, 1.82) is 0 Å². The molecule has 2 aromatic carbocycles. The highest BCUT2D eigenvalue weighted by Gasteiger charge is 2.29. The summed E-state index contributed by atoms with van der Waals surface area (Å²) in [5.41, 5.74) is 7.08. The van der Waals surface area contributed by atoms with Gasteiger partial charge in [-0.25, -0.2) is 0 Å². The molecule has 164 valence electrons. The molecular weight excluding hydrogens is 426 g/mol. The fourth-order valence-electron chi connectivity index (χ4n) is 3.56. The molecule has 8 heteroatoms. The normalized spacial score (nSPS) is 15.0. The third-order valence-corrected chi connectivity index (χ3v) is 6.49. The van der Waals surface area contributed by atoms with Gasteiger partial charge in [0.1, 0.15) is 0 Å². The summed E-state index contributed by atoms with van der Waals surface area (Å²) in [6.45, 7) is 1.99. The first-order chi connectivity index (χ1) is 15.4. The Kier molecular flexibility index (Phi) is 6.32. The standard InChI is InChI=1S/C24H23N3O4S/c1-15-6-8-16(9-7-15)19-12-10-17(11-13-23(29)30)27(19)26-22(28)14-21-24(31)25-18-4-2-3-5-20(18)32-21/h2-10,12,21H,11,13-14H2,1H3,(H,25,31)(H,26,28)(H,29,30)/t21-/m1/s1. The first kappa shape index (κ1) is 21.7. The molecule has 2 heterocycles. The number of fused-ring (bicyclic) bond motifs is 1. The van der Waals surface area contributed by atoms with Crippen LogP contribution in [0, 0.1) is 6.92 Å². The second kappa shape index (κ2) is 9.32. The number of rotatable bonds is 7. The van der Waals surface area contributed by atoms with E-state index in [9.17, 15) is 14.4 Å². The first-order valence-corrected chi connectivity index (χ1v) is 11.1. The van der Waals surface area contributed by atoms with E-state index < -0.39 is 11.2 Å². The van der Waals surface area contributed by atoms with Crippen molar-refractivity contribution in [3.05, 3.63) is 71.9 Å². The molecule has 0 saturated carbocycles. The van der Waals surface area contributed by atoms with Gasteiger partial charge >= 0.3 is 5.97 Å². The Hall–Kier alpha value is -3.52. The fraction of sp³-hybridized carbons (Fsp3) is 0.208. The summed E-state index contributed by atoms with van der Waals surface area (Å²) in [6.07, 6.45) is 0.215. The number of carboxylic acid groups (broad SMARTS) is 1. The van der Waals surface area contributed by atoms with Crippen LogP contribution in [0.15, 0.2) is 65.6 Å². The molecule has 0 bridgehead atoms. The monoisotopic (exact) mass is 449 g/mol. The number of nitrogens with one attached hydrogen (secondary N) is 2. The number of hydrogen-bond acceptors (Lipinski definition) is 4. The highest BCUT2D eigenvalue weighted by atomic mass is 32.2. The largest absolute Gasteiger partial charge is 0.481 e. The van der Waals surface area contributed by atoms with Gasteiger partial charge in [-0.3, -0.25) is 24.5 Å². The zero-order chi connectivity index (χ0) is 22.7. The maximum absolute atomic E-state index is 12.9. The number of carboxylic acids is 1. The fourth-order valence-corrected chi connectivity index (χ4v) is 4.67. The van der Waals surface area contributed by atoms with E-state index in [-0.39, 0.29) is 31.1 Å². The lowest BCUT2D eigenvalue weighted by atomic mass is 10.1. The van der Waals surface area contributed by atoms with E-state index in [1.54, 1.807) is 4.68 Å². The van der Waals surface area contributed by atoms with Gasteiger partial charge in [0.15, 0.2) is 0 Å². The molecule has 3 N–H and O–H groups in total. The topological polar surface area (TPSA) is 100 Å². The van der Waals surface area contributed by atoms with Gasteiger partial charge in [-0.15, -0.1) is 11.8 Å². The summed E-state index contributed by atoms with van der Waals surface area (Å²) < 4.78 is 1.63. The van der Waals surface area contributed by atoms with Gasteiger partial charge in [-0.1, -0.05) is 42.0 Å². The van der Waals surface area contributed by atoms with Crippen LogP contribution in [-0.2, 0) is 20.8 Å². The molecule has 32 heavy (non-hydrogen) atoms. The van der Waals surface area contributed by atoms with Gasteiger partial charge in [0.05, 0.1) is 23.1 Å². The van der Waals surface area contributed by atoms with E-state index in [1.165, 1.54) is 11.8 Å². The van der Waals surface area contributed by atoms with E-state index in [2.05, 4.69) is 10.7 Å². The minimum absolute atomic E-state index is 0.00524. The minimum Gasteiger partial charge on any atom is -0.481 e. The molecule has 1 aliphatic heterocycles. The van der Waals surface area contributed by atoms with E-state index in [1.807, 2.05) is 67.6 Å². The zero-order valence-corrected chi connectivity index (χ0v) is 18.3. The van der Waals surface area contributed by atoms with Crippen LogP contribution in [0.1, 0.15) is 24.1 Å². The number of thioether (sulfide) groups is 1. The number of aryl methyl sites for hydroxylation is 2. The number of hydrogen-bond donors (Lipinski definition) is 3.